The van der Waals surface area contributed by atoms with Gasteiger partial charge in [-0.1, -0.05) is 0 Å². The molecule has 0 saturated carbocycles. The van der Waals surface area contributed by atoms with Gasteiger partial charge in [-0.15, -0.1) is 0 Å². The molecule has 0 atom stereocenters. The third-order valence-electron chi connectivity index (χ3n) is 3.13. The number of halogens is 2. The summed E-state index contributed by atoms with van der Waals surface area (Å²) in [6.45, 7) is -0.851. The second kappa shape index (κ2) is 5.14. The Labute approximate surface area is 122 Å². The lowest BCUT2D eigenvalue weighted by atomic mass is 9.90. The van der Waals surface area contributed by atoms with Gasteiger partial charge in [-0.05, 0) is 6.07 Å². The smallest absolute Gasteiger partial charge is 0.287 e. The Morgan fingerprint density at radius 3 is 2.73 bits per heavy atom. The maximum Gasteiger partial charge on any atom is 0.287 e. The van der Waals surface area contributed by atoms with Gasteiger partial charge in [-0.2, -0.15) is 0 Å². The molecular weight excluding hydrogens is 298 g/mol. The third-order valence-corrected chi connectivity index (χ3v) is 3.13. The molecule has 8 heteroatoms. The van der Waals surface area contributed by atoms with E-state index in [0.29, 0.717) is 0 Å². The van der Waals surface area contributed by atoms with E-state index in [1.54, 1.807) is 0 Å². The van der Waals surface area contributed by atoms with Crippen molar-refractivity contribution in [3.05, 3.63) is 52.7 Å². The number of alkyl halides is 2. The van der Waals surface area contributed by atoms with Crippen LogP contribution in [0.2, 0.25) is 0 Å². The van der Waals surface area contributed by atoms with Gasteiger partial charge in [0.2, 0.25) is 5.78 Å². The minimum atomic E-state index is -2.72. The van der Waals surface area contributed by atoms with E-state index < -0.39 is 30.4 Å². The van der Waals surface area contributed by atoms with Crippen LogP contribution in [0.25, 0.3) is 0 Å². The van der Waals surface area contributed by atoms with Crippen LogP contribution < -0.4 is 5.32 Å². The number of amides is 1. The van der Waals surface area contributed by atoms with E-state index in [1.807, 2.05) is 5.32 Å². The second-order valence-corrected chi connectivity index (χ2v) is 4.53. The molecular formula is C14H8F2N2O4. The van der Waals surface area contributed by atoms with Crippen LogP contribution in [0, 0.1) is 0 Å². The zero-order chi connectivity index (χ0) is 15.9. The van der Waals surface area contributed by atoms with Crippen molar-refractivity contribution in [2.75, 3.05) is 6.54 Å². The maximum atomic E-state index is 12.3. The lowest BCUT2D eigenvalue weighted by molar-refractivity contribution is 0.0859. The summed E-state index contributed by atoms with van der Waals surface area (Å²) in [6.07, 6.45) is -0.108. The molecule has 2 aromatic rings. The van der Waals surface area contributed by atoms with Crippen LogP contribution in [-0.2, 0) is 0 Å². The van der Waals surface area contributed by atoms with E-state index in [9.17, 15) is 23.2 Å². The summed E-state index contributed by atoms with van der Waals surface area (Å²) in [5.74, 6) is -2.62. The Hall–Kier alpha value is -2.90. The molecule has 6 nitrogen and oxygen atoms in total. The Kier molecular flexibility index (Phi) is 3.28. The van der Waals surface area contributed by atoms with Crippen molar-refractivity contribution in [2.45, 2.75) is 6.43 Å². The van der Waals surface area contributed by atoms with Gasteiger partial charge in [0.05, 0.1) is 17.7 Å². The molecule has 2 aromatic heterocycles. The van der Waals surface area contributed by atoms with Crippen molar-refractivity contribution in [1.29, 1.82) is 0 Å². The van der Waals surface area contributed by atoms with E-state index in [4.69, 9.17) is 4.42 Å². The molecule has 0 spiro atoms. The van der Waals surface area contributed by atoms with Gasteiger partial charge in [0.15, 0.2) is 17.3 Å². The van der Waals surface area contributed by atoms with E-state index in [0.717, 1.165) is 6.07 Å². The lowest BCUT2D eigenvalue weighted by Gasteiger charge is -2.11. The summed E-state index contributed by atoms with van der Waals surface area (Å²) in [7, 11) is 0. The first kappa shape index (κ1) is 14.1. The normalized spacial score (nSPS) is 13.0. The number of carbonyl (C=O) groups excluding carboxylic acids is 3. The number of pyridine rings is 1. The van der Waals surface area contributed by atoms with Crippen molar-refractivity contribution in [2.24, 2.45) is 0 Å². The highest BCUT2D eigenvalue weighted by atomic mass is 19.3. The Balaban J connectivity index is 1.97. The van der Waals surface area contributed by atoms with Crippen LogP contribution in [0.4, 0.5) is 8.78 Å². The largest absolute Gasteiger partial charge is 0.447 e. The minimum absolute atomic E-state index is 0.0762. The van der Waals surface area contributed by atoms with Crippen LogP contribution >= 0.6 is 0 Å². The molecule has 0 aliphatic heterocycles. The van der Waals surface area contributed by atoms with Crippen LogP contribution in [-0.4, -0.2) is 35.4 Å². The molecule has 1 aliphatic rings. The Bertz CT molecular complexity index is 745. The molecule has 22 heavy (non-hydrogen) atoms. The molecule has 1 amide bonds. The monoisotopic (exact) mass is 306 g/mol. The molecule has 3 rings (SSSR count). The van der Waals surface area contributed by atoms with E-state index >= 15 is 0 Å². The lowest BCUT2D eigenvalue weighted by Crippen LogP contribution is -2.28. The minimum Gasteiger partial charge on any atom is -0.447 e. The number of nitrogens with zero attached hydrogens (tertiary/aromatic N) is 1. The summed E-state index contributed by atoms with van der Waals surface area (Å²) < 4.78 is 29.3. The number of aromatic nitrogens is 1. The third kappa shape index (κ3) is 2.18. The van der Waals surface area contributed by atoms with Crippen LogP contribution in [0.15, 0.2) is 28.9 Å². The molecule has 1 aliphatic carbocycles. The summed E-state index contributed by atoms with van der Waals surface area (Å²) in [6, 6.07) is 2.45. The first-order valence-corrected chi connectivity index (χ1v) is 6.22. The fourth-order valence-electron chi connectivity index (χ4n) is 2.14. The highest BCUT2D eigenvalue weighted by Gasteiger charge is 2.34. The van der Waals surface area contributed by atoms with Gasteiger partial charge in [-0.25, -0.2) is 8.78 Å². The zero-order valence-electron chi connectivity index (χ0n) is 10.9. The van der Waals surface area contributed by atoms with Crippen LogP contribution in [0.3, 0.4) is 0 Å². The standard InChI is InChI=1S/C14H8F2N2O4/c15-10(16)5-18-14(21)9-3-7-11(19)8-4-17-2-1-6(8)12(20)13(7)22-9/h1-4,10H,5H2,(H,18,21). The summed E-state index contributed by atoms with van der Waals surface area (Å²) >= 11 is 0. The Morgan fingerprint density at radius 1 is 1.23 bits per heavy atom. The highest BCUT2D eigenvalue weighted by molar-refractivity contribution is 6.27. The topological polar surface area (TPSA) is 89.3 Å². The highest BCUT2D eigenvalue weighted by Crippen LogP contribution is 2.29. The maximum absolute atomic E-state index is 12.3. The summed E-state index contributed by atoms with van der Waals surface area (Å²) in [5.41, 5.74) is 0.162. The number of fused-ring (bicyclic) bond motifs is 2. The first-order chi connectivity index (χ1) is 10.5. The fraction of sp³-hybridized carbons (Fsp3) is 0.143. The summed E-state index contributed by atoms with van der Waals surface area (Å²) in [4.78, 5) is 39.9. The summed E-state index contributed by atoms with van der Waals surface area (Å²) in [5, 5.41) is 1.94. The number of rotatable bonds is 3. The van der Waals surface area contributed by atoms with Crippen molar-refractivity contribution < 1.29 is 27.6 Å². The second-order valence-electron chi connectivity index (χ2n) is 4.53. The first-order valence-electron chi connectivity index (χ1n) is 6.22. The average Bonchev–Trinajstić information content (AvgIpc) is 2.96. The van der Waals surface area contributed by atoms with E-state index in [-0.39, 0.29) is 28.2 Å². The van der Waals surface area contributed by atoms with Crippen molar-refractivity contribution >= 4 is 17.5 Å². The van der Waals surface area contributed by atoms with Gasteiger partial charge < -0.3 is 9.73 Å². The van der Waals surface area contributed by atoms with Crippen molar-refractivity contribution in [3.8, 4) is 0 Å². The molecule has 2 heterocycles. The SMILES string of the molecule is O=C(NCC(F)F)c1cc2c(o1)C(=O)c1ccncc1C2=O. The van der Waals surface area contributed by atoms with Crippen LogP contribution in [0.5, 0.6) is 0 Å². The number of furan rings is 1. The molecule has 0 bridgehead atoms. The van der Waals surface area contributed by atoms with Gasteiger partial charge in [0, 0.05) is 24.0 Å². The number of hydrogen-bond acceptors (Lipinski definition) is 5. The quantitative estimate of drug-likeness (QED) is 0.791. The number of hydrogen-bond donors (Lipinski definition) is 1. The molecule has 112 valence electrons. The molecule has 0 unspecified atom stereocenters. The average molecular weight is 306 g/mol. The van der Waals surface area contributed by atoms with E-state index in [2.05, 4.69) is 4.98 Å². The van der Waals surface area contributed by atoms with Crippen LogP contribution in [0.1, 0.15) is 42.6 Å². The van der Waals surface area contributed by atoms with Gasteiger partial charge in [0.25, 0.3) is 12.3 Å². The number of ketones is 2. The predicted molar refractivity (Wildman–Crippen MR) is 68.1 cm³/mol. The fourth-order valence-corrected chi connectivity index (χ4v) is 2.14. The number of nitrogens with one attached hydrogen (secondary N) is 1. The van der Waals surface area contributed by atoms with Gasteiger partial charge in [-0.3, -0.25) is 19.4 Å². The zero-order valence-corrected chi connectivity index (χ0v) is 10.9. The predicted octanol–water partition coefficient (Wildman–Crippen LogP) is 1.44. The molecule has 1 N–H and O–H groups in total. The molecule has 0 aromatic carbocycles. The molecule has 0 radical (unpaired) electrons. The Morgan fingerprint density at radius 2 is 2.00 bits per heavy atom. The van der Waals surface area contributed by atoms with Gasteiger partial charge >= 0.3 is 0 Å². The van der Waals surface area contributed by atoms with E-state index in [1.165, 1.54) is 18.5 Å². The van der Waals surface area contributed by atoms with Gasteiger partial charge in [0.1, 0.15) is 0 Å². The molecule has 0 saturated heterocycles. The van der Waals surface area contributed by atoms with Crippen molar-refractivity contribution in [1.82, 2.24) is 10.3 Å². The molecule has 0 fully saturated rings. The van der Waals surface area contributed by atoms with Crippen molar-refractivity contribution in [3.63, 3.8) is 0 Å². The number of carbonyl (C=O) groups is 3.